The summed E-state index contributed by atoms with van der Waals surface area (Å²) >= 11 is 0. The van der Waals surface area contributed by atoms with Crippen LogP contribution in [0, 0.1) is 0 Å². The fraction of sp³-hybridized carbons (Fsp3) is 0.176. The van der Waals surface area contributed by atoms with Crippen molar-refractivity contribution in [3.8, 4) is 0 Å². The highest BCUT2D eigenvalue weighted by Gasteiger charge is 2.20. The van der Waals surface area contributed by atoms with E-state index in [-0.39, 0.29) is 11.8 Å². The molecule has 0 spiro atoms. The summed E-state index contributed by atoms with van der Waals surface area (Å²) in [5.74, 6) is 0.517. The van der Waals surface area contributed by atoms with E-state index in [9.17, 15) is 9.59 Å². The van der Waals surface area contributed by atoms with E-state index in [0.717, 1.165) is 16.9 Å². The molecule has 0 unspecified atom stereocenters. The molecule has 0 aliphatic carbocycles. The molecule has 0 fully saturated rings. The summed E-state index contributed by atoms with van der Waals surface area (Å²) in [5, 5.41) is 2.81. The summed E-state index contributed by atoms with van der Waals surface area (Å²) in [4.78, 5) is 25.2. The number of aryl methyl sites for hydroxylation is 1. The third kappa shape index (κ3) is 2.93. The molecule has 2 amide bonds. The smallest absolute Gasteiger partial charge is 0.248 e. The fourth-order valence-corrected chi connectivity index (χ4v) is 2.46. The molecule has 1 aliphatic heterocycles. The number of nitrogens with zero attached hydrogens (tertiary/aromatic N) is 1. The van der Waals surface area contributed by atoms with Gasteiger partial charge in [-0.05, 0) is 48.4 Å². The second kappa shape index (κ2) is 5.89. The van der Waals surface area contributed by atoms with E-state index in [4.69, 9.17) is 4.42 Å². The van der Waals surface area contributed by atoms with Crippen LogP contribution in [0.4, 0.5) is 11.4 Å². The van der Waals surface area contributed by atoms with Gasteiger partial charge in [0.25, 0.3) is 0 Å². The summed E-state index contributed by atoms with van der Waals surface area (Å²) in [6, 6.07) is 9.11. The van der Waals surface area contributed by atoms with E-state index in [2.05, 4.69) is 5.32 Å². The van der Waals surface area contributed by atoms with Crippen molar-refractivity contribution in [2.24, 2.45) is 0 Å². The normalized spacial score (nSPS) is 14.2. The molecule has 22 heavy (non-hydrogen) atoms. The van der Waals surface area contributed by atoms with Crippen molar-refractivity contribution in [3.05, 3.63) is 54.0 Å². The van der Waals surface area contributed by atoms with E-state index in [1.807, 2.05) is 12.1 Å². The molecule has 1 aromatic carbocycles. The predicted octanol–water partition coefficient (Wildman–Crippen LogP) is 2.84. The van der Waals surface area contributed by atoms with Crippen LogP contribution < -0.4 is 10.2 Å². The van der Waals surface area contributed by atoms with Crippen LogP contribution >= 0.6 is 0 Å². The second-order valence-electron chi connectivity index (χ2n) is 5.13. The van der Waals surface area contributed by atoms with Gasteiger partial charge in [-0.3, -0.25) is 9.59 Å². The molecule has 1 aliphatic rings. The molecule has 0 saturated heterocycles. The third-order valence-electron chi connectivity index (χ3n) is 3.63. The molecular weight excluding hydrogens is 280 g/mol. The predicted molar refractivity (Wildman–Crippen MR) is 84.5 cm³/mol. The first kappa shape index (κ1) is 14.1. The van der Waals surface area contributed by atoms with Crippen LogP contribution in [0.3, 0.4) is 0 Å². The molecule has 1 aromatic heterocycles. The number of carbonyl (C=O) groups is 2. The maximum absolute atomic E-state index is 11.9. The van der Waals surface area contributed by atoms with Gasteiger partial charge < -0.3 is 14.6 Å². The van der Waals surface area contributed by atoms with E-state index < -0.39 is 0 Å². The first-order chi connectivity index (χ1) is 10.6. The molecule has 5 heteroatoms. The lowest BCUT2D eigenvalue weighted by molar-refractivity contribution is -0.118. The molecular formula is C17H16N2O3. The zero-order valence-electron chi connectivity index (χ0n) is 12.2. The number of rotatable bonds is 3. The van der Waals surface area contributed by atoms with Gasteiger partial charge in [-0.2, -0.15) is 0 Å². The SMILES string of the molecule is CN1C(=O)CCc2cc(NC(=O)/C=C/c3ccco3)ccc21. The zero-order chi connectivity index (χ0) is 15.5. The summed E-state index contributed by atoms with van der Waals surface area (Å²) in [5.41, 5.74) is 2.69. The van der Waals surface area contributed by atoms with Gasteiger partial charge in [0.05, 0.1) is 6.26 Å². The first-order valence-corrected chi connectivity index (χ1v) is 7.05. The fourth-order valence-electron chi connectivity index (χ4n) is 2.46. The van der Waals surface area contributed by atoms with E-state index in [1.165, 1.54) is 6.08 Å². The maximum Gasteiger partial charge on any atom is 0.248 e. The Balaban J connectivity index is 1.71. The van der Waals surface area contributed by atoms with Gasteiger partial charge in [0.15, 0.2) is 0 Å². The standard InChI is InChI=1S/C17H16N2O3/c1-19-15-7-5-13(11-12(15)4-9-17(19)21)18-16(20)8-6-14-3-2-10-22-14/h2-3,5-8,10-11H,4,9H2,1H3,(H,18,20)/b8-6+. The van der Waals surface area contributed by atoms with Crippen molar-refractivity contribution in [1.29, 1.82) is 0 Å². The van der Waals surface area contributed by atoms with Crippen LogP contribution in [0.25, 0.3) is 6.08 Å². The Bertz CT molecular complexity index is 732. The molecule has 2 heterocycles. The van der Waals surface area contributed by atoms with Gasteiger partial charge in [-0.15, -0.1) is 0 Å². The van der Waals surface area contributed by atoms with E-state index >= 15 is 0 Å². The quantitative estimate of drug-likeness (QED) is 0.886. The Hall–Kier alpha value is -2.82. The molecule has 3 rings (SSSR count). The second-order valence-corrected chi connectivity index (χ2v) is 5.13. The molecule has 5 nitrogen and oxygen atoms in total. The summed E-state index contributed by atoms with van der Waals surface area (Å²) in [6.45, 7) is 0. The summed E-state index contributed by atoms with van der Waals surface area (Å²) in [6.07, 6.45) is 5.79. The molecule has 2 aromatic rings. The molecule has 0 saturated carbocycles. The summed E-state index contributed by atoms with van der Waals surface area (Å²) in [7, 11) is 1.77. The zero-order valence-corrected chi connectivity index (χ0v) is 12.2. The van der Waals surface area contributed by atoms with Crippen LogP contribution in [-0.2, 0) is 16.0 Å². The molecule has 112 valence electrons. The number of amides is 2. The molecule has 1 N–H and O–H groups in total. The minimum Gasteiger partial charge on any atom is -0.465 e. The number of furan rings is 1. The number of hydrogen-bond donors (Lipinski definition) is 1. The van der Waals surface area contributed by atoms with E-state index in [0.29, 0.717) is 18.6 Å². The van der Waals surface area contributed by atoms with Gasteiger partial charge in [0, 0.05) is 30.9 Å². The van der Waals surface area contributed by atoms with Crippen molar-refractivity contribution in [2.45, 2.75) is 12.8 Å². The Morgan fingerprint density at radius 1 is 1.32 bits per heavy atom. The number of hydrogen-bond acceptors (Lipinski definition) is 3. The number of anilines is 2. The van der Waals surface area contributed by atoms with Crippen LogP contribution in [-0.4, -0.2) is 18.9 Å². The van der Waals surface area contributed by atoms with Gasteiger partial charge in [0.2, 0.25) is 11.8 Å². The Morgan fingerprint density at radius 3 is 2.95 bits per heavy atom. The van der Waals surface area contributed by atoms with Crippen molar-refractivity contribution >= 4 is 29.3 Å². The lowest BCUT2D eigenvalue weighted by Gasteiger charge is -2.26. The Morgan fingerprint density at radius 2 is 2.18 bits per heavy atom. The van der Waals surface area contributed by atoms with Gasteiger partial charge >= 0.3 is 0 Å². The number of carbonyl (C=O) groups excluding carboxylic acids is 2. The molecule has 0 bridgehead atoms. The maximum atomic E-state index is 11.9. The van der Waals surface area contributed by atoms with Crippen LogP contribution in [0.15, 0.2) is 47.1 Å². The average Bonchev–Trinajstić information content (AvgIpc) is 3.02. The van der Waals surface area contributed by atoms with Crippen LogP contribution in [0.2, 0.25) is 0 Å². The molecule has 0 radical (unpaired) electrons. The molecule has 0 atom stereocenters. The van der Waals surface area contributed by atoms with Gasteiger partial charge in [-0.1, -0.05) is 0 Å². The lowest BCUT2D eigenvalue weighted by Crippen LogP contribution is -2.31. The summed E-state index contributed by atoms with van der Waals surface area (Å²) < 4.78 is 5.13. The number of benzene rings is 1. The van der Waals surface area contributed by atoms with Crippen molar-refractivity contribution < 1.29 is 14.0 Å². The highest BCUT2D eigenvalue weighted by molar-refractivity contribution is 6.02. The third-order valence-corrected chi connectivity index (χ3v) is 3.63. The highest BCUT2D eigenvalue weighted by Crippen LogP contribution is 2.29. The van der Waals surface area contributed by atoms with Gasteiger partial charge in [-0.25, -0.2) is 0 Å². The van der Waals surface area contributed by atoms with Gasteiger partial charge in [0.1, 0.15) is 5.76 Å². The minimum atomic E-state index is -0.225. The van der Waals surface area contributed by atoms with E-state index in [1.54, 1.807) is 42.5 Å². The first-order valence-electron chi connectivity index (χ1n) is 7.05. The Kier molecular flexibility index (Phi) is 3.78. The van der Waals surface area contributed by atoms with Crippen molar-refractivity contribution in [1.82, 2.24) is 0 Å². The lowest BCUT2D eigenvalue weighted by atomic mass is 10.0. The topological polar surface area (TPSA) is 62.6 Å². The Labute approximate surface area is 128 Å². The number of nitrogens with one attached hydrogen (secondary N) is 1. The largest absolute Gasteiger partial charge is 0.465 e. The minimum absolute atomic E-state index is 0.116. The highest BCUT2D eigenvalue weighted by atomic mass is 16.3. The monoisotopic (exact) mass is 296 g/mol. The number of fused-ring (bicyclic) bond motifs is 1. The van der Waals surface area contributed by atoms with Crippen molar-refractivity contribution in [2.75, 3.05) is 17.3 Å². The average molecular weight is 296 g/mol. The van der Waals surface area contributed by atoms with Crippen LogP contribution in [0.5, 0.6) is 0 Å². The van der Waals surface area contributed by atoms with Crippen molar-refractivity contribution in [3.63, 3.8) is 0 Å². The van der Waals surface area contributed by atoms with Crippen LogP contribution in [0.1, 0.15) is 17.7 Å².